The Kier molecular flexibility index (Phi) is 3.31. The van der Waals surface area contributed by atoms with Crippen molar-refractivity contribution in [2.24, 2.45) is 5.92 Å². The standard InChI is InChI=1S/C16H22N2O/c1-11-9-15(17-10-11)16(19)18(2)14-7-5-13(6-8-14)12-3-4-12/h5-8,11-12,15,17H,3-4,9-10H2,1-2H3/t11-,15+/m0/s1. The fourth-order valence-electron chi connectivity index (χ4n) is 2.85. The van der Waals surface area contributed by atoms with E-state index in [0.29, 0.717) is 5.92 Å². The van der Waals surface area contributed by atoms with Crippen LogP contribution in [0.1, 0.15) is 37.7 Å². The molecule has 0 aromatic heterocycles. The summed E-state index contributed by atoms with van der Waals surface area (Å²) in [6, 6.07) is 8.47. The number of likely N-dealkylation sites (N-methyl/N-ethyl adjacent to an activating group) is 1. The molecule has 0 bridgehead atoms. The van der Waals surface area contributed by atoms with E-state index in [0.717, 1.165) is 24.6 Å². The van der Waals surface area contributed by atoms with Crippen molar-refractivity contribution in [2.75, 3.05) is 18.5 Å². The van der Waals surface area contributed by atoms with Crippen LogP contribution < -0.4 is 10.2 Å². The van der Waals surface area contributed by atoms with Gasteiger partial charge in [0.05, 0.1) is 6.04 Å². The molecule has 1 aliphatic carbocycles. The maximum Gasteiger partial charge on any atom is 0.243 e. The van der Waals surface area contributed by atoms with Crippen molar-refractivity contribution >= 4 is 11.6 Å². The highest BCUT2D eigenvalue weighted by Crippen LogP contribution is 2.40. The second-order valence-corrected chi connectivity index (χ2v) is 6.06. The normalized spacial score (nSPS) is 26.4. The molecule has 1 aliphatic heterocycles. The first-order chi connectivity index (χ1) is 9.15. The highest BCUT2D eigenvalue weighted by molar-refractivity contribution is 5.96. The van der Waals surface area contributed by atoms with E-state index >= 15 is 0 Å². The van der Waals surface area contributed by atoms with Crippen molar-refractivity contribution in [3.05, 3.63) is 29.8 Å². The van der Waals surface area contributed by atoms with Crippen LogP contribution in [-0.2, 0) is 4.79 Å². The zero-order valence-electron chi connectivity index (χ0n) is 11.7. The molecule has 1 saturated carbocycles. The summed E-state index contributed by atoms with van der Waals surface area (Å²) in [7, 11) is 1.87. The summed E-state index contributed by atoms with van der Waals surface area (Å²) < 4.78 is 0. The lowest BCUT2D eigenvalue weighted by molar-refractivity contribution is -0.120. The van der Waals surface area contributed by atoms with Gasteiger partial charge in [0.1, 0.15) is 0 Å². The molecule has 1 heterocycles. The molecule has 2 aliphatic rings. The molecule has 1 aromatic carbocycles. The van der Waals surface area contributed by atoms with E-state index in [1.54, 1.807) is 4.90 Å². The fourth-order valence-corrected chi connectivity index (χ4v) is 2.85. The van der Waals surface area contributed by atoms with Gasteiger partial charge in [0.2, 0.25) is 5.91 Å². The molecule has 1 N–H and O–H groups in total. The minimum absolute atomic E-state index is 0.0110. The van der Waals surface area contributed by atoms with Gasteiger partial charge in [-0.05, 0) is 55.3 Å². The van der Waals surface area contributed by atoms with Crippen LogP contribution in [0, 0.1) is 5.92 Å². The topological polar surface area (TPSA) is 32.3 Å². The van der Waals surface area contributed by atoms with Gasteiger partial charge in [0.15, 0.2) is 0 Å². The van der Waals surface area contributed by atoms with Crippen LogP contribution in [0.4, 0.5) is 5.69 Å². The number of amides is 1. The molecule has 1 aromatic rings. The summed E-state index contributed by atoms with van der Waals surface area (Å²) in [4.78, 5) is 14.2. The fraction of sp³-hybridized carbons (Fsp3) is 0.562. The number of hydrogen-bond donors (Lipinski definition) is 1. The van der Waals surface area contributed by atoms with Gasteiger partial charge in [-0.3, -0.25) is 4.79 Å². The van der Waals surface area contributed by atoms with Crippen molar-refractivity contribution in [1.82, 2.24) is 5.32 Å². The average Bonchev–Trinajstić information content (AvgIpc) is 3.19. The number of rotatable bonds is 3. The van der Waals surface area contributed by atoms with E-state index in [-0.39, 0.29) is 11.9 Å². The second-order valence-electron chi connectivity index (χ2n) is 6.06. The summed E-state index contributed by atoms with van der Waals surface area (Å²) in [5.74, 6) is 1.55. The highest BCUT2D eigenvalue weighted by Gasteiger charge is 2.29. The number of nitrogens with zero attached hydrogens (tertiary/aromatic N) is 1. The van der Waals surface area contributed by atoms with E-state index in [2.05, 4.69) is 36.5 Å². The van der Waals surface area contributed by atoms with E-state index in [4.69, 9.17) is 0 Å². The minimum Gasteiger partial charge on any atom is -0.314 e. The lowest BCUT2D eigenvalue weighted by atomic mass is 10.1. The van der Waals surface area contributed by atoms with Crippen molar-refractivity contribution in [1.29, 1.82) is 0 Å². The van der Waals surface area contributed by atoms with E-state index < -0.39 is 0 Å². The lowest BCUT2D eigenvalue weighted by Gasteiger charge is -2.21. The van der Waals surface area contributed by atoms with Gasteiger partial charge >= 0.3 is 0 Å². The molecule has 102 valence electrons. The molecule has 2 atom stereocenters. The third-order valence-corrected chi connectivity index (χ3v) is 4.31. The highest BCUT2D eigenvalue weighted by atomic mass is 16.2. The molecule has 1 amide bonds. The Hall–Kier alpha value is -1.35. The molecule has 3 heteroatoms. The minimum atomic E-state index is -0.0110. The smallest absolute Gasteiger partial charge is 0.243 e. The van der Waals surface area contributed by atoms with E-state index in [1.807, 2.05) is 7.05 Å². The van der Waals surface area contributed by atoms with Gasteiger partial charge in [-0.15, -0.1) is 0 Å². The first-order valence-electron chi connectivity index (χ1n) is 7.26. The van der Waals surface area contributed by atoms with Gasteiger partial charge in [0.25, 0.3) is 0 Å². The number of benzene rings is 1. The predicted octanol–water partition coefficient (Wildman–Crippen LogP) is 2.52. The number of nitrogens with one attached hydrogen (secondary N) is 1. The molecule has 3 rings (SSSR count). The molecule has 19 heavy (non-hydrogen) atoms. The predicted molar refractivity (Wildman–Crippen MR) is 77.4 cm³/mol. The number of anilines is 1. The maximum atomic E-state index is 12.4. The Morgan fingerprint density at radius 1 is 1.26 bits per heavy atom. The van der Waals surface area contributed by atoms with Gasteiger partial charge in [-0.1, -0.05) is 19.1 Å². The number of carbonyl (C=O) groups is 1. The number of carbonyl (C=O) groups excluding carboxylic acids is 1. The average molecular weight is 258 g/mol. The molecular formula is C16H22N2O. The molecule has 3 nitrogen and oxygen atoms in total. The summed E-state index contributed by atoms with van der Waals surface area (Å²) in [6.07, 6.45) is 3.58. The van der Waals surface area contributed by atoms with Gasteiger partial charge < -0.3 is 10.2 Å². The van der Waals surface area contributed by atoms with Crippen molar-refractivity contribution in [3.63, 3.8) is 0 Å². The first-order valence-corrected chi connectivity index (χ1v) is 7.26. The lowest BCUT2D eigenvalue weighted by Crippen LogP contribution is -2.41. The van der Waals surface area contributed by atoms with Crippen LogP contribution in [0.25, 0.3) is 0 Å². The summed E-state index contributed by atoms with van der Waals surface area (Å²) >= 11 is 0. The second kappa shape index (κ2) is 4.97. The Labute approximate surface area is 115 Å². The molecule has 0 radical (unpaired) electrons. The molecule has 0 unspecified atom stereocenters. The van der Waals surface area contributed by atoms with Crippen molar-refractivity contribution < 1.29 is 4.79 Å². The number of hydrogen-bond acceptors (Lipinski definition) is 2. The Bertz CT molecular complexity index is 464. The zero-order valence-corrected chi connectivity index (χ0v) is 11.7. The van der Waals surface area contributed by atoms with Crippen LogP contribution in [0.5, 0.6) is 0 Å². The van der Waals surface area contributed by atoms with Gasteiger partial charge in [0, 0.05) is 12.7 Å². The van der Waals surface area contributed by atoms with Crippen LogP contribution >= 0.6 is 0 Å². The van der Waals surface area contributed by atoms with E-state index in [9.17, 15) is 4.79 Å². The monoisotopic (exact) mass is 258 g/mol. The molecule has 0 spiro atoms. The Morgan fingerprint density at radius 2 is 1.95 bits per heavy atom. The maximum absolute atomic E-state index is 12.4. The van der Waals surface area contributed by atoms with Crippen LogP contribution in [0.3, 0.4) is 0 Å². The Balaban J connectivity index is 1.68. The first kappa shape index (κ1) is 12.7. The largest absolute Gasteiger partial charge is 0.314 e. The third-order valence-electron chi connectivity index (χ3n) is 4.31. The summed E-state index contributed by atoms with van der Waals surface area (Å²) in [5.41, 5.74) is 2.41. The Morgan fingerprint density at radius 3 is 2.47 bits per heavy atom. The van der Waals surface area contributed by atoms with Crippen LogP contribution in [-0.4, -0.2) is 25.5 Å². The van der Waals surface area contributed by atoms with Gasteiger partial charge in [-0.2, -0.15) is 0 Å². The summed E-state index contributed by atoms with van der Waals surface area (Å²) in [5, 5.41) is 3.31. The molecular weight excluding hydrogens is 236 g/mol. The van der Waals surface area contributed by atoms with Crippen LogP contribution in [0.2, 0.25) is 0 Å². The molecule has 1 saturated heterocycles. The van der Waals surface area contributed by atoms with Crippen molar-refractivity contribution in [2.45, 2.75) is 38.1 Å². The van der Waals surface area contributed by atoms with Gasteiger partial charge in [-0.25, -0.2) is 0 Å². The van der Waals surface area contributed by atoms with Crippen molar-refractivity contribution in [3.8, 4) is 0 Å². The SMILES string of the molecule is C[C@@H]1CN[C@@H](C(=O)N(C)c2ccc(C3CC3)cc2)C1. The molecule has 2 fully saturated rings. The quantitative estimate of drug-likeness (QED) is 0.903. The van der Waals surface area contributed by atoms with Crippen LogP contribution in [0.15, 0.2) is 24.3 Å². The zero-order chi connectivity index (χ0) is 13.4. The van der Waals surface area contributed by atoms with E-state index in [1.165, 1.54) is 18.4 Å². The third kappa shape index (κ3) is 2.66. The summed E-state index contributed by atoms with van der Waals surface area (Å²) in [6.45, 7) is 3.13.